The minimum atomic E-state index is -1.54. The van der Waals surface area contributed by atoms with Crippen molar-refractivity contribution in [3.63, 3.8) is 0 Å². The first-order chi connectivity index (χ1) is 9.51. The molecular formula is C10H13FN6O3. The van der Waals surface area contributed by atoms with Gasteiger partial charge in [0, 0.05) is 17.5 Å². The molecule has 1 aromatic rings. The zero-order valence-electron chi connectivity index (χ0n) is 10.4. The van der Waals surface area contributed by atoms with E-state index in [0.717, 1.165) is 4.57 Å². The third-order valence-electron chi connectivity index (χ3n) is 3.08. The van der Waals surface area contributed by atoms with Crippen LogP contribution in [0.4, 0.5) is 10.2 Å². The van der Waals surface area contributed by atoms with Crippen LogP contribution in [0.15, 0.2) is 22.2 Å². The van der Waals surface area contributed by atoms with Gasteiger partial charge in [0.1, 0.15) is 17.6 Å². The number of ether oxygens (including phenoxy) is 1. The summed E-state index contributed by atoms with van der Waals surface area (Å²) in [5, 5.41) is 12.6. The Morgan fingerprint density at radius 3 is 3.15 bits per heavy atom. The summed E-state index contributed by atoms with van der Waals surface area (Å²) in [7, 11) is 0. The van der Waals surface area contributed by atoms with E-state index in [-0.39, 0.29) is 18.8 Å². The maximum absolute atomic E-state index is 14.1. The Kier molecular flexibility index (Phi) is 3.89. The Morgan fingerprint density at radius 2 is 2.55 bits per heavy atom. The molecule has 1 aliphatic rings. The average Bonchev–Trinajstić information content (AvgIpc) is 2.74. The van der Waals surface area contributed by atoms with Gasteiger partial charge in [-0.15, -0.1) is 0 Å². The number of aromatic nitrogens is 2. The Labute approximate surface area is 112 Å². The molecule has 1 aliphatic heterocycles. The van der Waals surface area contributed by atoms with Crippen LogP contribution in [-0.4, -0.2) is 39.6 Å². The van der Waals surface area contributed by atoms with E-state index in [2.05, 4.69) is 15.0 Å². The lowest BCUT2D eigenvalue weighted by atomic mass is 10.0. The summed E-state index contributed by atoms with van der Waals surface area (Å²) in [5.41, 5.74) is 11.6. The molecule has 2 heterocycles. The number of aliphatic hydroxyl groups excluding tert-OH is 1. The monoisotopic (exact) mass is 284 g/mol. The second-order valence-electron chi connectivity index (χ2n) is 4.50. The first-order valence-corrected chi connectivity index (χ1v) is 5.79. The summed E-state index contributed by atoms with van der Waals surface area (Å²) in [6, 6.07) is 1.34. The number of azide groups is 1. The van der Waals surface area contributed by atoms with Crippen molar-refractivity contribution >= 4 is 5.82 Å². The van der Waals surface area contributed by atoms with E-state index in [4.69, 9.17) is 16.0 Å². The fraction of sp³-hybridized carbons (Fsp3) is 0.600. The minimum absolute atomic E-state index is 0.0159. The third kappa shape index (κ3) is 2.57. The molecule has 0 spiro atoms. The topological polar surface area (TPSA) is 139 Å². The molecule has 1 fully saturated rings. The van der Waals surface area contributed by atoms with Gasteiger partial charge in [-0.25, -0.2) is 9.18 Å². The number of nitrogens with zero attached hydrogens (tertiary/aromatic N) is 5. The van der Waals surface area contributed by atoms with Gasteiger partial charge >= 0.3 is 5.69 Å². The summed E-state index contributed by atoms with van der Waals surface area (Å²) in [5.74, 6) is 0.0159. The molecule has 0 amide bonds. The fourth-order valence-corrected chi connectivity index (χ4v) is 2.10. The lowest BCUT2D eigenvalue weighted by Crippen LogP contribution is -2.37. The van der Waals surface area contributed by atoms with Crippen LogP contribution in [0.2, 0.25) is 0 Å². The number of anilines is 1. The standard InChI is InChI=1S/C10H13FN6O3/c11-6-3-10(5-18,4-14-16-13)20-8(6)17-2-1-7(12)15-9(17)19/h1-2,6,8,18H,3-5H2,(H2,12,15,19)/t6-,8+,10+/m0/s1. The summed E-state index contributed by atoms with van der Waals surface area (Å²) in [6.45, 7) is -0.756. The predicted molar refractivity (Wildman–Crippen MR) is 66.4 cm³/mol. The van der Waals surface area contributed by atoms with Gasteiger partial charge < -0.3 is 15.6 Å². The Balaban J connectivity index is 2.30. The van der Waals surface area contributed by atoms with Crippen molar-refractivity contribution in [1.29, 1.82) is 0 Å². The maximum Gasteiger partial charge on any atom is 0.351 e. The van der Waals surface area contributed by atoms with E-state index in [1.807, 2.05) is 0 Å². The Bertz CT molecular complexity index is 601. The molecule has 0 unspecified atom stereocenters. The first-order valence-electron chi connectivity index (χ1n) is 5.79. The van der Waals surface area contributed by atoms with Gasteiger partial charge in [0.05, 0.1) is 13.2 Å². The molecule has 1 aromatic heterocycles. The number of alkyl halides is 1. The molecule has 0 bridgehead atoms. The van der Waals surface area contributed by atoms with Crippen LogP contribution in [-0.2, 0) is 4.74 Å². The second kappa shape index (κ2) is 5.45. The van der Waals surface area contributed by atoms with Crippen LogP contribution in [0.1, 0.15) is 12.6 Å². The van der Waals surface area contributed by atoms with Crippen LogP contribution in [0, 0.1) is 0 Å². The highest BCUT2D eigenvalue weighted by Gasteiger charge is 2.47. The number of nitrogen functional groups attached to an aromatic ring is 1. The molecule has 3 N–H and O–H groups in total. The van der Waals surface area contributed by atoms with Crippen LogP contribution < -0.4 is 11.4 Å². The summed E-state index contributed by atoms with van der Waals surface area (Å²) < 4.78 is 20.4. The van der Waals surface area contributed by atoms with E-state index in [1.165, 1.54) is 12.3 Å². The van der Waals surface area contributed by atoms with Gasteiger partial charge in [0.15, 0.2) is 6.23 Å². The number of nitrogens with two attached hydrogens (primary N) is 1. The van der Waals surface area contributed by atoms with Crippen molar-refractivity contribution < 1.29 is 14.2 Å². The number of aliphatic hydroxyl groups is 1. The van der Waals surface area contributed by atoms with Crippen molar-refractivity contribution in [2.24, 2.45) is 5.11 Å². The molecule has 10 heteroatoms. The molecule has 0 aliphatic carbocycles. The zero-order valence-corrected chi connectivity index (χ0v) is 10.4. The summed E-state index contributed by atoms with van der Waals surface area (Å²) >= 11 is 0. The largest absolute Gasteiger partial charge is 0.393 e. The Hall–Kier alpha value is -2.16. The van der Waals surface area contributed by atoms with Gasteiger partial charge in [-0.1, -0.05) is 5.11 Å². The molecule has 2 rings (SSSR count). The maximum atomic E-state index is 14.1. The van der Waals surface area contributed by atoms with Crippen LogP contribution in [0.5, 0.6) is 0 Å². The van der Waals surface area contributed by atoms with Crippen LogP contribution in [0.25, 0.3) is 10.4 Å². The number of rotatable bonds is 4. The highest BCUT2D eigenvalue weighted by molar-refractivity contribution is 5.23. The van der Waals surface area contributed by atoms with Crippen molar-refractivity contribution in [3.05, 3.63) is 33.2 Å². The molecule has 9 nitrogen and oxygen atoms in total. The molecule has 20 heavy (non-hydrogen) atoms. The van der Waals surface area contributed by atoms with Gasteiger partial charge in [-0.05, 0) is 11.6 Å². The Morgan fingerprint density at radius 1 is 1.80 bits per heavy atom. The number of hydrogen-bond donors (Lipinski definition) is 2. The number of halogens is 1. The first kappa shape index (κ1) is 14.3. The van der Waals surface area contributed by atoms with Crippen LogP contribution >= 0.6 is 0 Å². The molecule has 0 radical (unpaired) electrons. The van der Waals surface area contributed by atoms with Gasteiger partial charge in [-0.2, -0.15) is 4.98 Å². The van der Waals surface area contributed by atoms with Crippen LogP contribution in [0.3, 0.4) is 0 Å². The van der Waals surface area contributed by atoms with Crippen molar-refractivity contribution in [2.75, 3.05) is 18.9 Å². The van der Waals surface area contributed by atoms with Gasteiger partial charge in [-0.3, -0.25) is 4.57 Å². The highest BCUT2D eigenvalue weighted by atomic mass is 19.1. The quantitative estimate of drug-likeness (QED) is 0.459. The average molecular weight is 284 g/mol. The van der Waals surface area contributed by atoms with E-state index >= 15 is 0 Å². The van der Waals surface area contributed by atoms with E-state index in [1.54, 1.807) is 0 Å². The molecule has 0 saturated carbocycles. The lowest BCUT2D eigenvalue weighted by molar-refractivity contribution is -0.0998. The highest BCUT2D eigenvalue weighted by Crippen LogP contribution is 2.38. The number of hydrogen-bond acceptors (Lipinski definition) is 6. The SMILES string of the molecule is [N-]=[N+]=NC[C@@]1(CO)C[C@H](F)[C@H](n2ccc(N)nc2=O)O1. The fourth-order valence-electron chi connectivity index (χ4n) is 2.10. The zero-order chi connectivity index (χ0) is 14.8. The molecule has 1 saturated heterocycles. The predicted octanol–water partition coefficient (Wildman–Crippen LogP) is 0.124. The molecule has 3 atom stereocenters. The van der Waals surface area contributed by atoms with E-state index < -0.39 is 30.3 Å². The second-order valence-corrected chi connectivity index (χ2v) is 4.50. The normalized spacial score (nSPS) is 29.1. The summed E-state index contributed by atoms with van der Waals surface area (Å²) in [4.78, 5) is 17.7. The van der Waals surface area contributed by atoms with E-state index in [9.17, 15) is 14.3 Å². The lowest BCUT2D eigenvalue weighted by Gasteiger charge is -2.25. The third-order valence-corrected chi connectivity index (χ3v) is 3.08. The molecule has 108 valence electrons. The summed E-state index contributed by atoms with van der Waals surface area (Å²) in [6.07, 6.45) is -1.71. The molecular weight excluding hydrogens is 271 g/mol. The van der Waals surface area contributed by atoms with E-state index in [0.29, 0.717) is 0 Å². The molecule has 0 aromatic carbocycles. The minimum Gasteiger partial charge on any atom is -0.393 e. The van der Waals surface area contributed by atoms with Crippen molar-refractivity contribution in [1.82, 2.24) is 9.55 Å². The van der Waals surface area contributed by atoms with Crippen molar-refractivity contribution in [3.8, 4) is 0 Å². The van der Waals surface area contributed by atoms with Crippen molar-refractivity contribution in [2.45, 2.75) is 24.4 Å². The van der Waals surface area contributed by atoms with Gasteiger partial charge in [0.25, 0.3) is 0 Å². The van der Waals surface area contributed by atoms with Gasteiger partial charge in [0.2, 0.25) is 0 Å². The smallest absolute Gasteiger partial charge is 0.351 e.